The first-order chi connectivity index (χ1) is 7.66. The monoisotopic (exact) mass is 256 g/mol. The third-order valence-electron chi connectivity index (χ3n) is 1.90. The Morgan fingerprint density at radius 3 is 3.00 bits per heavy atom. The van der Waals surface area contributed by atoms with Gasteiger partial charge in [0.25, 0.3) is 5.91 Å². The Hall–Kier alpha value is -1.33. The summed E-state index contributed by atoms with van der Waals surface area (Å²) in [5.41, 5.74) is 0. The fourth-order valence-electron chi connectivity index (χ4n) is 1.13. The Kier molecular flexibility index (Phi) is 3.26. The first-order valence-electron chi connectivity index (χ1n) is 4.61. The Labute approximate surface area is 101 Å². The van der Waals surface area contributed by atoms with Crippen LogP contribution in [0.15, 0.2) is 28.1 Å². The molecule has 16 heavy (non-hydrogen) atoms. The van der Waals surface area contributed by atoms with Gasteiger partial charge in [-0.25, -0.2) is 4.98 Å². The second kappa shape index (κ2) is 4.67. The molecule has 1 N–H and O–H groups in total. The molecule has 1 amide bonds. The topological polar surface area (TPSA) is 55.1 Å². The summed E-state index contributed by atoms with van der Waals surface area (Å²) in [6.45, 7) is 1.78. The number of furan rings is 1. The van der Waals surface area contributed by atoms with Gasteiger partial charge in [-0.3, -0.25) is 10.1 Å². The van der Waals surface area contributed by atoms with Crippen molar-refractivity contribution < 1.29 is 9.21 Å². The summed E-state index contributed by atoms with van der Waals surface area (Å²) in [7, 11) is 0. The molecule has 0 saturated heterocycles. The van der Waals surface area contributed by atoms with E-state index in [-0.39, 0.29) is 17.0 Å². The van der Waals surface area contributed by atoms with Crippen molar-refractivity contribution in [1.82, 2.24) is 4.98 Å². The maximum absolute atomic E-state index is 11.7. The zero-order valence-corrected chi connectivity index (χ0v) is 10.0. The van der Waals surface area contributed by atoms with E-state index < -0.39 is 0 Å². The molecule has 0 saturated carbocycles. The largest absolute Gasteiger partial charge is 0.454 e. The average molecular weight is 257 g/mol. The summed E-state index contributed by atoms with van der Waals surface area (Å²) in [4.78, 5) is 15.6. The van der Waals surface area contributed by atoms with Crippen LogP contribution >= 0.6 is 22.9 Å². The summed E-state index contributed by atoms with van der Waals surface area (Å²) < 4.78 is 5.29. The van der Waals surface area contributed by atoms with E-state index in [1.54, 1.807) is 30.6 Å². The number of amides is 1. The summed E-state index contributed by atoms with van der Waals surface area (Å²) in [5, 5.41) is 4.70. The van der Waals surface area contributed by atoms with Crippen LogP contribution in [0.3, 0.4) is 0 Å². The Bertz CT molecular complexity index is 479. The molecule has 0 aliphatic rings. The number of carbonyl (C=O) groups excluding carboxylic acids is 1. The SMILES string of the molecule is CC(Cl)c1ccc(C(=O)Nc2nccs2)o1. The molecule has 84 valence electrons. The molecule has 0 fully saturated rings. The lowest BCUT2D eigenvalue weighted by molar-refractivity contribution is 0.0995. The van der Waals surface area contributed by atoms with Crippen LogP contribution in [-0.4, -0.2) is 10.9 Å². The maximum atomic E-state index is 11.7. The summed E-state index contributed by atoms with van der Waals surface area (Å²) in [5.74, 6) is 0.488. The molecule has 2 rings (SSSR count). The second-order valence-corrected chi connectivity index (χ2v) is 4.66. The zero-order valence-electron chi connectivity index (χ0n) is 8.44. The van der Waals surface area contributed by atoms with Crippen molar-refractivity contribution in [1.29, 1.82) is 0 Å². The van der Waals surface area contributed by atoms with Crippen LogP contribution in [0.5, 0.6) is 0 Å². The number of nitrogens with one attached hydrogen (secondary N) is 1. The first kappa shape index (κ1) is 11.2. The van der Waals surface area contributed by atoms with E-state index in [9.17, 15) is 4.79 Å². The summed E-state index contributed by atoms with van der Waals surface area (Å²) in [6, 6.07) is 3.28. The zero-order chi connectivity index (χ0) is 11.5. The molecule has 0 bridgehead atoms. The maximum Gasteiger partial charge on any atom is 0.293 e. The summed E-state index contributed by atoms with van der Waals surface area (Å²) in [6.07, 6.45) is 1.62. The molecule has 4 nitrogen and oxygen atoms in total. The van der Waals surface area contributed by atoms with Crippen molar-refractivity contribution in [3.05, 3.63) is 35.2 Å². The number of nitrogens with zero attached hydrogens (tertiary/aromatic N) is 1. The Morgan fingerprint density at radius 2 is 2.44 bits per heavy atom. The molecule has 2 heterocycles. The highest BCUT2D eigenvalue weighted by atomic mass is 35.5. The van der Waals surface area contributed by atoms with Gasteiger partial charge >= 0.3 is 0 Å². The van der Waals surface area contributed by atoms with E-state index in [0.717, 1.165) is 0 Å². The van der Waals surface area contributed by atoms with Gasteiger partial charge in [-0.1, -0.05) is 0 Å². The van der Waals surface area contributed by atoms with Crippen molar-refractivity contribution in [2.24, 2.45) is 0 Å². The lowest BCUT2D eigenvalue weighted by atomic mass is 10.3. The van der Waals surface area contributed by atoms with Gasteiger partial charge in [0, 0.05) is 11.6 Å². The number of alkyl halides is 1. The van der Waals surface area contributed by atoms with Gasteiger partial charge in [0.2, 0.25) is 0 Å². The fraction of sp³-hybridized carbons (Fsp3) is 0.200. The van der Waals surface area contributed by atoms with E-state index in [1.807, 2.05) is 0 Å². The van der Waals surface area contributed by atoms with Crippen LogP contribution in [0.4, 0.5) is 5.13 Å². The van der Waals surface area contributed by atoms with Gasteiger partial charge in [-0.2, -0.15) is 0 Å². The van der Waals surface area contributed by atoms with E-state index in [1.165, 1.54) is 11.3 Å². The van der Waals surface area contributed by atoms with Crippen molar-refractivity contribution in [2.75, 3.05) is 5.32 Å². The van der Waals surface area contributed by atoms with Gasteiger partial charge in [-0.05, 0) is 19.1 Å². The highest BCUT2D eigenvalue weighted by Crippen LogP contribution is 2.22. The molecule has 0 aliphatic heterocycles. The molecular formula is C10H9ClN2O2S. The van der Waals surface area contributed by atoms with Crippen molar-refractivity contribution >= 4 is 34.0 Å². The molecule has 0 radical (unpaired) electrons. The minimum atomic E-state index is -0.321. The molecule has 2 aromatic rings. The van der Waals surface area contributed by atoms with Gasteiger partial charge in [0.05, 0.1) is 5.38 Å². The summed E-state index contributed by atoms with van der Waals surface area (Å²) >= 11 is 7.18. The van der Waals surface area contributed by atoms with Crippen molar-refractivity contribution in [3.63, 3.8) is 0 Å². The van der Waals surface area contributed by atoms with Crippen LogP contribution in [0.25, 0.3) is 0 Å². The number of halogens is 1. The normalized spacial score (nSPS) is 12.4. The second-order valence-electron chi connectivity index (χ2n) is 3.11. The van der Waals surface area contributed by atoms with Crippen LogP contribution < -0.4 is 5.32 Å². The number of hydrogen-bond acceptors (Lipinski definition) is 4. The number of carbonyl (C=O) groups is 1. The van der Waals surface area contributed by atoms with Gasteiger partial charge in [0.1, 0.15) is 5.76 Å². The van der Waals surface area contributed by atoms with E-state index in [2.05, 4.69) is 10.3 Å². The van der Waals surface area contributed by atoms with Gasteiger partial charge in [0.15, 0.2) is 10.9 Å². The first-order valence-corrected chi connectivity index (χ1v) is 5.93. The highest BCUT2D eigenvalue weighted by Gasteiger charge is 2.14. The molecule has 0 spiro atoms. The Morgan fingerprint density at radius 1 is 1.62 bits per heavy atom. The van der Waals surface area contributed by atoms with Gasteiger partial charge < -0.3 is 4.42 Å². The Balaban J connectivity index is 2.09. The number of aromatic nitrogens is 1. The number of hydrogen-bond donors (Lipinski definition) is 1. The molecule has 0 aromatic carbocycles. The van der Waals surface area contributed by atoms with E-state index in [0.29, 0.717) is 10.9 Å². The fourth-order valence-corrected chi connectivity index (χ4v) is 1.77. The van der Waals surface area contributed by atoms with Crippen LogP contribution in [-0.2, 0) is 0 Å². The van der Waals surface area contributed by atoms with Gasteiger partial charge in [-0.15, -0.1) is 22.9 Å². The van der Waals surface area contributed by atoms with Crippen LogP contribution in [0.2, 0.25) is 0 Å². The van der Waals surface area contributed by atoms with Crippen LogP contribution in [0, 0.1) is 0 Å². The lowest BCUT2D eigenvalue weighted by Crippen LogP contribution is -2.10. The van der Waals surface area contributed by atoms with Crippen molar-refractivity contribution in [2.45, 2.75) is 12.3 Å². The quantitative estimate of drug-likeness (QED) is 0.858. The molecule has 1 atom stereocenters. The number of thiazole rings is 1. The molecule has 6 heteroatoms. The predicted molar refractivity (Wildman–Crippen MR) is 63.0 cm³/mol. The van der Waals surface area contributed by atoms with Crippen LogP contribution in [0.1, 0.15) is 28.6 Å². The van der Waals surface area contributed by atoms with E-state index >= 15 is 0 Å². The molecule has 2 aromatic heterocycles. The standard InChI is InChI=1S/C10H9ClN2O2S/c1-6(11)7-2-3-8(15-7)9(14)13-10-12-4-5-16-10/h2-6H,1H3,(H,12,13,14). The smallest absolute Gasteiger partial charge is 0.293 e. The molecular weight excluding hydrogens is 248 g/mol. The minimum Gasteiger partial charge on any atom is -0.454 e. The number of anilines is 1. The number of rotatable bonds is 3. The molecule has 1 unspecified atom stereocenters. The van der Waals surface area contributed by atoms with Crippen molar-refractivity contribution in [3.8, 4) is 0 Å². The van der Waals surface area contributed by atoms with E-state index in [4.69, 9.17) is 16.0 Å². The third kappa shape index (κ3) is 2.43. The lowest BCUT2D eigenvalue weighted by Gasteiger charge is -1.98. The highest BCUT2D eigenvalue weighted by molar-refractivity contribution is 7.13. The third-order valence-corrected chi connectivity index (χ3v) is 2.80. The predicted octanol–water partition coefficient (Wildman–Crippen LogP) is 3.29. The average Bonchev–Trinajstić information content (AvgIpc) is 2.86. The molecule has 0 aliphatic carbocycles. The minimum absolute atomic E-state index is 0.234.